The quantitative estimate of drug-likeness (QED) is 0.219. The van der Waals surface area contributed by atoms with Crippen molar-refractivity contribution in [3.8, 4) is 11.1 Å². The summed E-state index contributed by atoms with van der Waals surface area (Å²) in [5.74, 6) is 0. The fourth-order valence-corrected chi connectivity index (χ4v) is 5.15. The standard InChI is InChI=1S/C35H24N2O2/c1-22(10-7-11-23(2)32-35-33(37-21-36-32)29-15-4-6-19-31(29)39-35)24-12-8-13-25(20-24)26-16-9-17-28-27-14-3-5-18-30(27)38-34(26)28/h3-21H,1H2,2H3. The molecule has 0 atom stereocenters. The molecular formula is C35H24N2O2. The number of benzene rings is 4. The molecule has 0 unspecified atom stereocenters. The average Bonchev–Trinajstić information content (AvgIpc) is 3.55. The third kappa shape index (κ3) is 3.94. The zero-order valence-electron chi connectivity index (χ0n) is 21.4. The van der Waals surface area contributed by atoms with Crippen molar-refractivity contribution >= 4 is 55.2 Å². The smallest absolute Gasteiger partial charge is 0.179 e. The normalized spacial score (nSPS) is 12.4. The first-order valence-corrected chi connectivity index (χ1v) is 12.8. The highest BCUT2D eigenvalue weighted by molar-refractivity contribution is 6.09. The summed E-state index contributed by atoms with van der Waals surface area (Å²) in [6.07, 6.45) is 7.63. The molecule has 7 rings (SSSR count). The Morgan fingerprint density at radius 1 is 0.744 bits per heavy atom. The molecule has 0 N–H and O–H groups in total. The molecule has 3 heterocycles. The van der Waals surface area contributed by atoms with Crippen molar-refractivity contribution in [3.63, 3.8) is 0 Å². The third-order valence-corrected chi connectivity index (χ3v) is 7.12. The van der Waals surface area contributed by atoms with Crippen LogP contribution in [0, 0.1) is 0 Å². The van der Waals surface area contributed by atoms with E-state index in [0.717, 1.165) is 72.0 Å². The number of rotatable bonds is 5. The van der Waals surface area contributed by atoms with Crippen LogP contribution in [-0.2, 0) is 0 Å². The Hall–Kier alpha value is -5.22. The van der Waals surface area contributed by atoms with E-state index >= 15 is 0 Å². The van der Waals surface area contributed by atoms with Crippen molar-refractivity contribution in [3.05, 3.63) is 133 Å². The van der Waals surface area contributed by atoms with Crippen molar-refractivity contribution in [2.24, 2.45) is 0 Å². The molecule has 4 heteroatoms. The third-order valence-electron chi connectivity index (χ3n) is 7.12. The molecule has 0 bridgehead atoms. The average molecular weight is 505 g/mol. The van der Waals surface area contributed by atoms with Gasteiger partial charge in [-0.1, -0.05) is 91.5 Å². The number of nitrogens with zero attached hydrogens (tertiary/aromatic N) is 2. The van der Waals surface area contributed by atoms with Crippen LogP contribution in [0.25, 0.3) is 66.3 Å². The second kappa shape index (κ2) is 9.26. The molecule has 4 nitrogen and oxygen atoms in total. The molecule has 0 aliphatic rings. The van der Waals surface area contributed by atoms with Crippen molar-refractivity contribution in [1.29, 1.82) is 0 Å². The van der Waals surface area contributed by atoms with Gasteiger partial charge in [0.25, 0.3) is 0 Å². The van der Waals surface area contributed by atoms with Crippen LogP contribution >= 0.6 is 0 Å². The number of aromatic nitrogens is 2. The zero-order valence-corrected chi connectivity index (χ0v) is 21.4. The van der Waals surface area contributed by atoms with Gasteiger partial charge >= 0.3 is 0 Å². The SMILES string of the molecule is C=C(C=CC=C(C)c1ncnc2c1oc1ccccc12)c1cccc(-c2cccc3c2oc2ccccc23)c1. The lowest BCUT2D eigenvalue weighted by atomic mass is 9.98. The van der Waals surface area contributed by atoms with Crippen molar-refractivity contribution in [1.82, 2.24) is 9.97 Å². The predicted octanol–water partition coefficient (Wildman–Crippen LogP) is 9.62. The van der Waals surface area contributed by atoms with Gasteiger partial charge in [-0.15, -0.1) is 0 Å². The summed E-state index contributed by atoms with van der Waals surface area (Å²) < 4.78 is 12.4. The second-order valence-electron chi connectivity index (χ2n) is 9.59. The zero-order chi connectivity index (χ0) is 26.3. The Morgan fingerprint density at radius 2 is 1.46 bits per heavy atom. The Morgan fingerprint density at radius 3 is 2.33 bits per heavy atom. The summed E-state index contributed by atoms with van der Waals surface area (Å²) in [5.41, 5.74) is 10.0. The van der Waals surface area contributed by atoms with Crippen LogP contribution in [0.1, 0.15) is 18.2 Å². The van der Waals surface area contributed by atoms with Crippen LogP contribution in [0.5, 0.6) is 0 Å². The minimum Gasteiger partial charge on any atom is -0.455 e. The highest BCUT2D eigenvalue weighted by Crippen LogP contribution is 2.36. The molecule has 0 fully saturated rings. The van der Waals surface area contributed by atoms with E-state index in [4.69, 9.17) is 8.83 Å². The number of allylic oxidation sites excluding steroid dienone is 5. The van der Waals surface area contributed by atoms with Gasteiger partial charge in [0.15, 0.2) is 5.58 Å². The summed E-state index contributed by atoms with van der Waals surface area (Å²) in [7, 11) is 0. The Kier molecular flexibility index (Phi) is 5.45. The van der Waals surface area contributed by atoms with Crippen LogP contribution in [0.4, 0.5) is 0 Å². The number of hydrogen-bond acceptors (Lipinski definition) is 4. The number of furan rings is 2. The molecule has 0 spiro atoms. The Labute approximate surface area is 225 Å². The fourth-order valence-electron chi connectivity index (χ4n) is 5.15. The van der Waals surface area contributed by atoms with Gasteiger partial charge in [0.2, 0.25) is 0 Å². The van der Waals surface area contributed by atoms with Gasteiger partial charge < -0.3 is 8.83 Å². The first-order valence-electron chi connectivity index (χ1n) is 12.8. The molecule has 0 saturated heterocycles. The maximum atomic E-state index is 6.26. The van der Waals surface area contributed by atoms with E-state index in [-0.39, 0.29) is 0 Å². The van der Waals surface area contributed by atoms with Gasteiger partial charge in [0.1, 0.15) is 34.3 Å². The van der Waals surface area contributed by atoms with Crippen LogP contribution in [0.2, 0.25) is 0 Å². The van der Waals surface area contributed by atoms with E-state index in [9.17, 15) is 0 Å². The van der Waals surface area contributed by atoms with E-state index in [1.54, 1.807) is 6.33 Å². The first kappa shape index (κ1) is 22.9. The minimum atomic E-state index is 0.701. The van der Waals surface area contributed by atoms with E-state index in [2.05, 4.69) is 65.1 Å². The molecule has 0 aliphatic carbocycles. The molecule has 7 aromatic rings. The van der Waals surface area contributed by atoms with Gasteiger partial charge in [0.05, 0.1) is 0 Å². The second-order valence-corrected chi connectivity index (χ2v) is 9.59. The van der Waals surface area contributed by atoms with Crippen molar-refractivity contribution in [2.45, 2.75) is 6.92 Å². The monoisotopic (exact) mass is 504 g/mol. The van der Waals surface area contributed by atoms with E-state index in [1.165, 1.54) is 0 Å². The highest BCUT2D eigenvalue weighted by Gasteiger charge is 2.14. The summed E-state index contributed by atoms with van der Waals surface area (Å²) in [4.78, 5) is 8.96. The molecule has 0 aliphatic heterocycles. The molecule has 0 radical (unpaired) electrons. The largest absolute Gasteiger partial charge is 0.455 e. The van der Waals surface area contributed by atoms with Crippen LogP contribution < -0.4 is 0 Å². The lowest BCUT2D eigenvalue weighted by Crippen LogP contribution is -1.88. The van der Waals surface area contributed by atoms with Crippen LogP contribution in [0.3, 0.4) is 0 Å². The van der Waals surface area contributed by atoms with E-state index in [1.807, 2.05) is 67.6 Å². The summed E-state index contributed by atoms with van der Waals surface area (Å²) in [6.45, 7) is 6.35. The lowest BCUT2D eigenvalue weighted by molar-refractivity contribution is 0.664. The summed E-state index contributed by atoms with van der Waals surface area (Å²) >= 11 is 0. The van der Waals surface area contributed by atoms with Gasteiger partial charge in [-0.25, -0.2) is 9.97 Å². The maximum absolute atomic E-state index is 6.26. The summed E-state index contributed by atoms with van der Waals surface area (Å²) in [5, 5.41) is 3.24. The molecular weight excluding hydrogens is 480 g/mol. The van der Waals surface area contributed by atoms with E-state index in [0.29, 0.717) is 5.58 Å². The molecule has 186 valence electrons. The van der Waals surface area contributed by atoms with Crippen molar-refractivity contribution in [2.75, 3.05) is 0 Å². The Balaban J connectivity index is 1.19. The topological polar surface area (TPSA) is 52.1 Å². The van der Waals surface area contributed by atoms with Crippen molar-refractivity contribution < 1.29 is 8.83 Å². The molecule has 39 heavy (non-hydrogen) atoms. The number of hydrogen-bond donors (Lipinski definition) is 0. The van der Waals surface area contributed by atoms with Gasteiger partial charge in [-0.3, -0.25) is 0 Å². The number of para-hydroxylation sites is 3. The Bertz CT molecular complexity index is 2110. The van der Waals surface area contributed by atoms with Gasteiger partial charge in [0, 0.05) is 21.7 Å². The number of fused-ring (bicyclic) bond motifs is 6. The van der Waals surface area contributed by atoms with Crippen LogP contribution in [-0.4, -0.2) is 9.97 Å². The van der Waals surface area contributed by atoms with Gasteiger partial charge in [-0.2, -0.15) is 0 Å². The first-order chi connectivity index (χ1) is 19.2. The summed E-state index contributed by atoms with van der Waals surface area (Å²) in [6, 6.07) is 30.8. The molecule has 4 aromatic carbocycles. The predicted molar refractivity (Wildman–Crippen MR) is 160 cm³/mol. The van der Waals surface area contributed by atoms with Crippen LogP contribution in [0.15, 0.2) is 131 Å². The van der Waals surface area contributed by atoms with E-state index < -0.39 is 0 Å². The minimum absolute atomic E-state index is 0.701. The maximum Gasteiger partial charge on any atom is 0.179 e. The fraction of sp³-hybridized carbons (Fsp3) is 0.0286. The molecule has 0 amide bonds. The highest BCUT2D eigenvalue weighted by atomic mass is 16.3. The molecule has 3 aromatic heterocycles. The molecule has 0 saturated carbocycles. The lowest BCUT2D eigenvalue weighted by Gasteiger charge is -2.07. The van der Waals surface area contributed by atoms with Gasteiger partial charge in [-0.05, 0) is 53.5 Å².